The molecule has 6 heteroatoms. The van der Waals surface area contributed by atoms with Gasteiger partial charge in [-0.25, -0.2) is 0 Å². The van der Waals surface area contributed by atoms with Gasteiger partial charge in [0, 0.05) is 29.1 Å². The van der Waals surface area contributed by atoms with E-state index in [9.17, 15) is 4.79 Å². The summed E-state index contributed by atoms with van der Waals surface area (Å²) < 4.78 is 2.05. The average molecular weight is 376 g/mol. The van der Waals surface area contributed by atoms with E-state index >= 15 is 0 Å². The molecular formula is C21H20N4OS. The summed E-state index contributed by atoms with van der Waals surface area (Å²) >= 11 is 1.44. The fourth-order valence-corrected chi connectivity index (χ4v) is 3.98. The molecule has 0 unspecified atom stereocenters. The summed E-state index contributed by atoms with van der Waals surface area (Å²) in [4.78, 5) is 15.1. The first-order valence-corrected chi connectivity index (χ1v) is 9.90. The number of nitrogens with one attached hydrogen (secondary N) is 1. The second kappa shape index (κ2) is 7.40. The molecule has 0 saturated heterocycles. The maximum Gasteiger partial charge on any atom is 0.196 e. The van der Waals surface area contributed by atoms with Crippen LogP contribution in [0.3, 0.4) is 0 Å². The van der Waals surface area contributed by atoms with E-state index in [2.05, 4.69) is 44.9 Å². The number of ketones is 1. The van der Waals surface area contributed by atoms with Crippen LogP contribution < -0.4 is 0 Å². The van der Waals surface area contributed by atoms with Gasteiger partial charge in [-0.1, -0.05) is 55.1 Å². The molecule has 0 amide bonds. The molecule has 0 saturated carbocycles. The van der Waals surface area contributed by atoms with Crippen molar-refractivity contribution in [3.8, 4) is 17.1 Å². The highest BCUT2D eigenvalue weighted by molar-refractivity contribution is 7.99. The molecule has 0 aliphatic carbocycles. The average Bonchev–Trinajstić information content (AvgIpc) is 3.30. The summed E-state index contributed by atoms with van der Waals surface area (Å²) in [6, 6.07) is 16.3. The molecule has 2 aromatic carbocycles. The first-order valence-electron chi connectivity index (χ1n) is 8.91. The Morgan fingerprint density at radius 3 is 2.70 bits per heavy atom. The van der Waals surface area contributed by atoms with Gasteiger partial charge >= 0.3 is 0 Å². The third-order valence-corrected chi connectivity index (χ3v) is 5.57. The van der Waals surface area contributed by atoms with Crippen LogP contribution in [-0.2, 0) is 4.79 Å². The number of hydrogen-bond acceptors (Lipinski definition) is 4. The van der Waals surface area contributed by atoms with E-state index < -0.39 is 0 Å². The Kier molecular flexibility index (Phi) is 4.81. The van der Waals surface area contributed by atoms with Crippen LogP contribution in [0.4, 0.5) is 0 Å². The quantitative estimate of drug-likeness (QED) is 0.491. The van der Waals surface area contributed by atoms with E-state index in [4.69, 9.17) is 0 Å². The molecule has 0 spiro atoms. The highest BCUT2D eigenvalue weighted by Gasteiger charge is 2.20. The molecule has 27 heavy (non-hydrogen) atoms. The second-order valence-electron chi connectivity index (χ2n) is 6.36. The topological polar surface area (TPSA) is 63.6 Å². The van der Waals surface area contributed by atoms with Crippen molar-refractivity contribution < 1.29 is 4.79 Å². The molecule has 0 aliphatic heterocycles. The molecular weight excluding hydrogens is 356 g/mol. The van der Waals surface area contributed by atoms with Crippen LogP contribution in [0.2, 0.25) is 0 Å². The van der Waals surface area contributed by atoms with Crippen LogP contribution >= 0.6 is 11.8 Å². The smallest absolute Gasteiger partial charge is 0.196 e. The number of H-pyrrole nitrogens is 1. The number of rotatable bonds is 6. The van der Waals surface area contributed by atoms with Crippen LogP contribution in [0.1, 0.15) is 18.9 Å². The summed E-state index contributed by atoms with van der Waals surface area (Å²) in [5, 5.41) is 10.7. The number of aromatic amines is 1. The summed E-state index contributed by atoms with van der Waals surface area (Å²) in [6.07, 6.45) is 2.50. The van der Waals surface area contributed by atoms with Gasteiger partial charge in [-0.3, -0.25) is 9.36 Å². The van der Waals surface area contributed by atoms with Gasteiger partial charge in [0.05, 0.1) is 11.4 Å². The summed E-state index contributed by atoms with van der Waals surface area (Å²) in [5.41, 5.74) is 4.20. The van der Waals surface area contributed by atoms with Gasteiger partial charge in [-0.15, -0.1) is 10.2 Å². The van der Waals surface area contributed by atoms with Crippen LogP contribution in [0.15, 0.2) is 59.9 Å². The van der Waals surface area contributed by atoms with E-state index in [1.807, 2.05) is 43.5 Å². The minimum absolute atomic E-state index is 0.202. The Bertz CT molecular complexity index is 1110. The Morgan fingerprint density at radius 2 is 1.89 bits per heavy atom. The molecule has 0 radical (unpaired) electrons. The predicted octanol–water partition coefficient (Wildman–Crippen LogP) is 4.80. The number of hydrogen-bond donors (Lipinski definition) is 1. The Balaban J connectivity index is 1.88. The first kappa shape index (κ1) is 17.5. The molecule has 136 valence electrons. The minimum Gasteiger partial charge on any atom is -0.360 e. The number of carbonyl (C=O) groups excluding carboxylic acids is 1. The van der Waals surface area contributed by atoms with E-state index in [0.29, 0.717) is 12.2 Å². The summed E-state index contributed by atoms with van der Waals surface area (Å²) in [7, 11) is 0. The van der Waals surface area contributed by atoms with Crippen molar-refractivity contribution >= 4 is 28.4 Å². The third kappa shape index (κ3) is 3.28. The van der Waals surface area contributed by atoms with Gasteiger partial charge in [-0.2, -0.15) is 0 Å². The van der Waals surface area contributed by atoms with Gasteiger partial charge < -0.3 is 4.98 Å². The normalized spacial score (nSPS) is 11.2. The van der Waals surface area contributed by atoms with Gasteiger partial charge in [0.25, 0.3) is 0 Å². The molecule has 4 aromatic rings. The van der Waals surface area contributed by atoms with Gasteiger partial charge in [0.2, 0.25) is 0 Å². The minimum atomic E-state index is 0.202. The Morgan fingerprint density at radius 1 is 1.11 bits per heavy atom. The number of para-hydroxylation sites is 2. The molecule has 0 aliphatic rings. The van der Waals surface area contributed by atoms with E-state index in [1.165, 1.54) is 11.8 Å². The van der Waals surface area contributed by atoms with Crippen molar-refractivity contribution in [3.63, 3.8) is 0 Å². The monoisotopic (exact) mass is 376 g/mol. The largest absolute Gasteiger partial charge is 0.360 e. The predicted molar refractivity (Wildman–Crippen MR) is 109 cm³/mol. The highest BCUT2D eigenvalue weighted by atomic mass is 32.2. The van der Waals surface area contributed by atoms with Crippen molar-refractivity contribution in [2.24, 2.45) is 0 Å². The van der Waals surface area contributed by atoms with Crippen LogP contribution in [0.25, 0.3) is 28.0 Å². The maximum atomic E-state index is 11.8. The van der Waals surface area contributed by atoms with Gasteiger partial charge in [-0.05, 0) is 24.6 Å². The van der Waals surface area contributed by atoms with Crippen molar-refractivity contribution in [2.75, 3.05) is 5.75 Å². The molecule has 0 atom stereocenters. The zero-order valence-corrected chi connectivity index (χ0v) is 16.1. The van der Waals surface area contributed by atoms with Gasteiger partial charge in [0.1, 0.15) is 5.78 Å². The van der Waals surface area contributed by atoms with Crippen molar-refractivity contribution in [3.05, 3.63) is 60.3 Å². The SMILES string of the molecule is CCC(=O)CSc1nnc(-c2c[nH]c3ccccc23)n1-c1ccccc1C. The summed E-state index contributed by atoms with van der Waals surface area (Å²) in [6.45, 7) is 3.95. The number of benzene rings is 2. The standard InChI is InChI=1S/C21H20N4OS/c1-3-15(26)13-27-21-24-23-20(25(21)19-11-7-4-8-14(19)2)17-12-22-18-10-6-5-9-16(17)18/h4-12,22H,3,13H2,1-2H3. The number of aryl methyl sites for hydroxylation is 1. The van der Waals surface area contributed by atoms with E-state index in [1.54, 1.807) is 0 Å². The molecule has 2 heterocycles. The zero-order chi connectivity index (χ0) is 18.8. The lowest BCUT2D eigenvalue weighted by atomic mass is 10.1. The van der Waals surface area contributed by atoms with Crippen LogP contribution in [-0.4, -0.2) is 31.3 Å². The number of carbonyl (C=O) groups is 1. The lowest BCUT2D eigenvalue weighted by Gasteiger charge is -2.12. The van der Waals surface area contributed by atoms with Crippen LogP contribution in [0.5, 0.6) is 0 Å². The number of nitrogens with zero attached hydrogens (tertiary/aromatic N) is 3. The van der Waals surface area contributed by atoms with E-state index in [0.717, 1.165) is 38.7 Å². The Labute approximate surface area is 161 Å². The van der Waals surface area contributed by atoms with E-state index in [-0.39, 0.29) is 5.78 Å². The highest BCUT2D eigenvalue weighted by Crippen LogP contribution is 2.33. The fraction of sp³-hybridized carbons (Fsp3) is 0.190. The van der Waals surface area contributed by atoms with Crippen molar-refractivity contribution in [1.29, 1.82) is 0 Å². The Hall–Kier alpha value is -2.86. The lowest BCUT2D eigenvalue weighted by molar-refractivity contribution is -0.116. The number of aromatic nitrogens is 4. The fourth-order valence-electron chi connectivity index (χ4n) is 3.07. The number of thioether (sulfide) groups is 1. The molecule has 2 aromatic heterocycles. The van der Waals surface area contributed by atoms with Crippen molar-refractivity contribution in [1.82, 2.24) is 19.7 Å². The van der Waals surface area contributed by atoms with Crippen molar-refractivity contribution in [2.45, 2.75) is 25.4 Å². The maximum absolute atomic E-state index is 11.8. The zero-order valence-electron chi connectivity index (χ0n) is 15.3. The lowest BCUT2D eigenvalue weighted by Crippen LogP contribution is -2.04. The van der Waals surface area contributed by atoms with Crippen LogP contribution in [0, 0.1) is 6.92 Å². The molecule has 4 rings (SSSR count). The first-order chi connectivity index (χ1) is 13.2. The van der Waals surface area contributed by atoms with Gasteiger partial charge in [0.15, 0.2) is 11.0 Å². The third-order valence-electron chi connectivity index (χ3n) is 4.58. The number of fused-ring (bicyclic) bond motifs is 1. The second-order valence-corrected chi connectivity index (χ2v) is 7.30. The molecule has 5 nitrogen and oxygen atoms in total. The molecule has 1 N–H and O–H groups in total. The number of Topliss-reactive ketones (excluding diaryl/α,β-unsaturated/α-hetero) is 1. The molecule has 0 bridgehead atoms. The summed E-state index contributed by atoms with van der Waals surface area (Å²) in [5.74, 6) is 1.37. The molecule has 0 fully saturated rings.